The van der Waals surface area contributed by atoms with Crippen LogP contribution in [0, 0.1) is 6.92 Å². The molecular formula is C25H39BN2O5. The molecule has 2 fully saturated rings. The van der Waals surface area contributed by atoms with Gasteiger partial charge in [0.15, 0.2) is 0 Å². The first-order chi connectivity index (χ1) is 15.1. The Morgan fingerprint density at radius 3 is 2.15 bits per heavy atom. The van der Waals surface area contributed by atoms with Crippen LogP contribution in [0.25, 0.3) is 0 Å². The van der Waals surface area contributed by atoms with Gasteiger partial charge in [0.25, 0.3) is 5.91 Å². The molecule has 0 radical (unpaired) electrons. The summed E-state index contributed by atoms with van der Waals surface area (Å²) in [6.07, 6.45) is 1.12. The smallest absolute Gasteiger partial charge is 0.444 e. The van der Waals surface area contributed by atoms with Gasteiger partial charge in [-0.2, -0.15) is 0 Å². The molecule has 3 rings (SSSR count). The fourth-order valence-corrected chi connectivity index (χ4v) is 4.12. The van der Waals surface area contributed by atoms with E-state index in [-0.39, 0.29) is 18.0 Å². The normalized spacial score (nSPS) is 20.6. The van der Waals surface area contributed by atoms with Gasteiger partial charge in [-0.1, -0.05) is 11.6 Å². The Hall–Kier alpha value is -2.06. The van der Waals surface area contributed by atoms with E-state index in [0.717, 1.165) is 23.9 Å². The van der Waals surface area contributed by atoms with Crippen LogP contribution < -0.4 is 5.46 Å². The third-order valence-corrected chi connectivity index (χ3v) is 7.01. The van der Waals surface area contributed by atoms with Gasteiger partial charge in [0.1, 0.15) is 5.60 Å². The molecule has 0 aromatic heterocycles. The zero-order chi connectivity index (χ0) is 24.8. The second-order valence-electron chi connectivity index (χ2n) is 11.3. The number of amides is 2. The molecule has 0 spiro atoms. The number of ether oxygens (including phenoxy) is 1. The second-order valence-corrected chi connectivity index (χ2v) is 11.3. The van der Waals surface area contributed by atoms with E-state index in [1.54, 1.807) is 11.9 Å². The van der Waals surface area contributed by atoms with Crippen molar-refractivity contribution in [3.63, 3.8) is 0 Å². The first-order valence-electron chi connectivity index (χ1n) is 11.8. The van der Waals surface area contributed by atoms with Crippen molar-refractivity contribution >= 4 is 24.6 Å². The van der Waals surface area contributed by atoms with E-state index in [1.807, 2.05) is 78.5 Å². The first-order valence-corrected chi connectivity index (χ1v) is 11.8. The number of nitrogens with zero attached hydrogens (tertiary/aromatic N) is 2. The van der Waals surface area contributed by atoms with Crippen LogP contribution in [0.1, 0.15) is 77.2 Å². The summed E-state index contributed by atoms with van der Waals surface area (Å²) in [5.41, 5.74) is 1.15. The molecule has 2 heterocycles. The summed E-state index contributed by atoms with van der Waals surface area (Å²) < 4.78 is 17.9. The molecule has 0 atom stereocenters. The van der Waals surface area contributed by atoms with Crippen molar-refractivity contribution < 1.29 is 23.6 Å². The van der Waals surface area contributed by atoms with Gasteiger partial charge in [-0.15, -0.1) is 0 Å². The van der Waals surface area contributed by atoms with Crippen LogP contribution in [0.5, 0.6) is 0 Å². The highest BCUT2D eigenvalue weighted by molar-refractivity contribution is 6.62. The summed E-state index contributed by atoms with van der Waals surface area (Å²) in [7, 11) is 1.27. The number of carbonyl (C=O) groups is 2. The topological polar surface area (TPSA) is 68.3 Å². The van der Waals surface area contributed by atoms with Gasteiger partial charge >= 0.3 is 13.2 Å². The summed E-state index contributed by atoms with van der Waals surface area (Å²) in [5, 5.41) is 0. The number of piperidine rings is 1. The molecule has 0 saturated carbocycles. The lowest BCUT2D eigenvalue weighted by Crippen LogP contribution is -2.48. The average Bonchev–Trinajstić information content (AvgIpc) is 2.93. The van der Waals surface area contributed by atoms with Crippen LogP contribution in [0.3, 0.4) is 0 Å². The molecule has 2 aliphatic heterocycles. The molecule has 0 aliphatic carbocycles. The lowest BCUT2D eigenvalue weighted by Gasteiger charge is -2.37. The van der Waals surface area contributed by atoms with E-state index in [4.69, 9.17) is 14.0 Å². The highest BCUT2D eigenvalue weighted by Gasteiger charge is 2.52. The Labute approximate surface area is 198 Å². The molecule has 1 aromatic carbocycles. The van der Waals surface area contributed by atoms with Crippen LogP contribution in [0.2, 0.25) is 0 Å². The fraction of sp³-hybridized carbons (Fsp3) is 0.680. The van der Waals surface area contributed by atoms with Gasteiger partial charge in [-0.25, -0.2) is 4.79 Å². The highest BCUT2D eigenvalue weighted by Crippen LogP contribution is 2.36. The maximum absolute atomic E-state index is 13.3. The van der Waals surface area contributed by atoms with Crippen LogP contribution in [-0.2, 0) is 14.0 Å². The molecule has 182 valence electrons. The fourth-order valence-electron chi connectivity index (χ4n) is 4.12. The van der Waals surface area contributed by atoms with Gasteiger partial charge in [-0.05, 0) is 85.8 Å². The summed E-state index contributed by atoms with van der Waals surface area (Å²) in [4.78, 5) is 29.2. The lowest BCUT2D eigenvalue weighted by atomic mass is 9.75. The molecule has 0 N–H and O–H groups in total. The van der Waals surface area contributed by atoms with Crippen molar-refractivity contribution in [2.24, 2.45) is 0 Å². The third kappa shape index (κ3) is 5.54. The minimum atomic E-state index is -0.525. The molecule has 0 bridgehead atoms. The molecule has 2 saturated heterocycles. The van der Waals surface area contributed by atoms with Gasteiger partial charge < -0.3 is 23.8 Å². The largest absolute Gasteiger partial charge is 0.495 e. The Morgan fingerprint density at radius 2 is 1.64 bits per heavy atom. The minimum absolute atomic E-state index is 0.00821. The third-order valence-electron chi connectivity index (χ3n) is 7.01. The first kappa shape index (κ1) is 25.6. The number of aryl methyl sites for hydroxylation is 1. The van der Waals surface area contributed by atoms with Gasteiger partial charge in [0, 0.05) is 31.7 Å². The Morgan fingerprint density at radius 1 is 1.09 bits per heavy atom. The predicted molar refractivity (Wildman–Crippen MR) is 130 cm³/mol. The van der Waals surface area contributed by atoms with Gasteiger partial charge in [-0.3, -0.25) is 4.79 Å². The van der Waals surface area contributed by atoms with Crippen LogP contribution in [-0.4, -0.2) is 71.9 Å². The van der Waals surface area contributed by atoms with E-state index in [0.29, 0.717) is 18.7 Å². The number of benzene rings is 1. The summed E-state index contributed by atoms with van der Waals surface area (Å²) in [6, 6.07) is 5.78. The lowest BCUT2D eigenvalue weighted by molar-refractivity contribution is 0.00578. The van der Waals surface area contributed by atoms with E-state index < -0.39 is 23.9 Å². The van der Waals surface area contributed by atoms with Gasteiger partial charge in [0.2, 0.25) is 0 Å². The highest BCUT2D eigenvalue weighted by atomic mass is 16.7. The van der Waals surface area contributed by atoms with Crippen molar-refractivity contribution in [2.75, 3.05) is 20.1 Å². The number of rotatable bonds is 3. The SMILES string of the molecule is Cc1ccc(C(=O)N2CCC(N(C)C(=O)OC(C)(C)C)CC2)cc1B1OC(C)(C)C(C)(C)O1. The Bertz CT molecular complexity index is 885. The molecule has 7 nitrogen and oxygen atoms in total. The number of hydrogen-bond acceptors (Lipinski definition) is 5. The van der Waals surface area contributed by atoms with Gasteiger partial charge in [0.05, 0.1) is 11.2 Å². The van der Waals surface area contributed by atoms with Crippen LogP contribution in [0.15, 0.2) is 18.2 Å². The van der Waals surface area contributed by atoms with Crippen LogP contribution >= 0.6 is 0 Å². The quantitative estimate of drug-likeness (QED) is 0.646. The summed E-state index contributed by atoms with van der Waals surface area (Å²) in [5.74, 6) is -0.00821. The standard InChI is InChI=1S/C25H39BN2O5/c1-17-10-11-18(16-20(17)26-32-24(5,6)25(7,8)33-26)21(29)28-14-12-19(13-15-28)27(9)22(30)31-23(2,3)4/h10-11,16,19H,12-15H2,1-9H3. The van der Waals surface area contributed by atoms with Crippen molar-refractivity contribution in [3.05, 3.63) is 29.3 Å². The molecule has 33 heavy (non-hydrogen) atoms. The van der Waals surface area contributed by atoms with E-state index in [2.05, 4.69) is 0 Å². The molecule has 2 amide bonds. The van der Waals surface area contributed by atoms with Crippen molar-refractivity contribution in [3.8, 4) is 0 Å². The monoisotopic (exact) mass is 458 g/mol. The Balaban J connectivity index is 1.66. The number of carbonyl (C=O) groups excluding carboxylic acids is 2. The van der Waals surface area contributed by atoms with E-state index in [1.165, 1.54) is 0 Å². The maximum Gasteiger partial charge on any atom is 0.495 e. The Kier molecular flexibility index (Phi) is 6.93. The van der Waals surface area contributed by atoms with E-state index >= 15 is 0 Å². The molecule has 2 aliphatic rings. The maximum atomic E-state index is 13.3. The average molecular weight is 458 g/mol. The predicted octanol–water partition coefficient (Wildman–Crippen LogP) is 3.77. The minimum Gasteiger partial charge on any atom is -0.444 e. The van der Waals surface area contributed by atoms with E-state index in [9.17, 15) is 9.59 Å². The second kappa shape index (κ2) is 8.95. The van der Waals surface area contributed by atoms with Crippen molar-refractivity contribution in [2.45, 2.75) is 91.1 Å². The number of likely N-dealkylation sites (tertiary alicyclic amines) is 1. The summed E-state index contributed by atoms with van der Waals surface area (Å²) in [6.45, 7) is 16.9. The van der Waals surface area contributed by atoms with Crippen LogP contribution in [0.4, 0.5) is 4.79 Å². The molecular weight excluding hydrogens is 419 g/mol. The number of hydrogen-bond donors (Lipinski definition) is 0. The molecule has 0 unspecified atom stereocenters. The zero-order valence-corrected chi connectivity index (χ0v) is 21.7. The molecule has 1 aromatic rings. The van der Waals surface area contributed by atoms with Crippen molar-refractivity contribution in [1.82, 2.24) is 9.80 Å². The summed E-state index contributed by atoms with van der Waals surface area (Å²) >= 11 is 0. The van der Waals surface area contributed by atoms with Crippen molar-refractivity contribution in [1.29, 1.82) is 0 Å². The zero-order valence-electron chi connectivity index (χ0n) is 21.7. The molecule has 8 heteroatoms.